The van der Waals surface area contributed by atoms with Gasteiger partial charge in [-0.05, 0) is 46.6 Å². The summed E-state index contributed by atoms with van der Waals surface area (Å²) in [5, 5.41) is 10.9. The monoisotopic (exact) mass is 335 g/mol. The number of hydrogen-bond acceptors (Lipinski definition) is 4. The molecule has 0 bridgehead atoms. The number of ether oxygens (including phenoxy) is 1. The summed E-state index contributed by atoms with van der Waals surface area (Å²) in [4.78, 5) is 22.4. The second kappa shape index (κ2) is 5.83. The first-order valence-electron chi connectivity index (χ1n) is 5.71. The highest BCUT2D eigenvalue weighted by Crippen LogP contribution is 2.29. The summed E-state index contributed by atoms with van der Waals surface area (Å²) < 4.78 is 5.71. The Morgan fingerprint density at radius 3 is 2.60 bits per heavy atom. The largest absolute Gasteiger partial charge is 0.416 e. The molecule has 0 aromatic heterocycles. The average Bonchev–Trinajstić information content (AvgIpc) is 2.38. The Kier molecular flexibility index (Phi) is 4.14. The van der Waals surface area contributed by atoms with Crippen molar-refractivity contribution in [3.8, 4) is 5.75 Å². The molecule has 0 saturated heterocycles. The lowest BCUT2D eigenvalue weighted by molar-refractivity contribution is -0.385. The fourth-order valence-corrected chi connectivity index (χ4v) is 2.08. The van der Waals surface area contributed by atoms with Gasteiger partial charge in [0.2, 0.25) is 5.75 Å². The van der Waals surface area contributed by atoms with Crippen LogP contribution in [0.2, 0.25) is 0 Å². The highest BCUT2D eigenvalue weighted by molar-refractivity contribution is 9.10. The molecule has 0 spiro atoms. The van der Waals surface area contributed by atoms with Crippen LogP contribution in [0.4, 0.5) is 5.69 Å². The molecule has 0 fully saturated rings. The van der Waals surface area contributed by atoms with E-state index in [9.17, 15) is 14.9 Å². The molecule has 0 amide bonds. The SMILES string of the molecule is Cc1ccc([N+](=O)[O-])c(OC(=O)c2ccccc2Br)c1. The van der Waals surface area contributed by atoms with Gasteiger partial charge in [0.1, 0.15) is 0 Å². The third-order valence-electron chi connectivity index (χ3n) is 2.61. The molecule has 6 heteroatoms. The summed E-state index contributed by atoms with van der Waals surface area (Å²) in [6.45, 7) is 1.76. The molecule has 0 N–H and O–H groups in total. The highest BCUT2D eigenvalue weighted by atomic mass is 79.9. The predicted octanol–water partition coefficient (Wildman–Crippen LogP) is 3.88. The van der Waals surface area contributed by atoms with E-state index >= 15 is 0 Å². The fraction of sp³-hybridized carbons (Fsp3) is 0.0714. The van der Waals surface area contributed by atoms with Gasteiger partial charge in [-0.3, -0.25) is 10.1 Å². The smallest absolute Gasteiger partial charge is 0.344 e. The summed E-state index contributed by atoms with van der Waals surface area (Å²) in [7, 11) is 0. The summed E-state index contributed by atoms with van der Waals surface area (Å²) in [6.07, 6.45) is 0. The number of nitro groups is 1. The third-order valence-corrected chi connectivity index (χ3v) is 3.30. The van der Waals surface area contributed by atoms with E-state index in [0.29, 0.717) is 10.0 Å². The lowest BCUT2D eigenvalue weighted by Crippen LogP contribution is -2.10. The number of benzene rings is 2. The van der Waals surface area contributed by atoms with Gasteiger partial charge in [-0.2, -0.15) is 0 Å². The molecule has 0 saturated carbocycles. The van der Waals surface area contributed by atoms with Gasteiger partial charge in [0.25, 0.3) is 0 Å². The molecule has 102 valence electrons. The molecular weight excluding hydrogens is 326 g/mol. The Hall–Kier alpha value is -2.21. The molecule has 0 unspecified atom stereocenters. The number of halogens is 1. The third kappa shape index (κ3) is 3.03. The number of carbonyl (C=O) groups excluding carboxylic acids is 1. The number of nitrogens with zero attached hydrogens (tertiary/aromatic N) is 1. The Labute approximate surface area is 123 Å². The van der Waals surface area contributed by atoms with E-state index in [4.69, 9.17) is 4.74 Å². The second-order valence-electron chi connectivity index (χ2n) is 4.10. The normalized spacial score (nSPS) is 10.1. The molecule has 0 atom stereocenters. The zero-order valence-corrected chi connectivity index (χ0v) is 12.1. The van der Waals surface area contributed by atoms with Crippen LogP contribution >= 0.6 is 15.9 Å². The van der Waals surface area contributed by atoms with Gasteiger partial charge < -0.3 is 4.74 Å². The van der Waals surface area contributed by atoms with Gasteiger partial charge in [0.15, 0.2) is 0 Å². The van der Waals surface area contributed by atoms with E-state index in [-0.39, 0.29) is 11.4 Å². The van der Waals surface area contributed by atoms with Crippen molar-refractivity contribution in [3.63, 3.8) is 0 Å². The van der Waals surface area contributed by atoms with Gasteiger partial charge in [-0.1, -0.05) is 18.2 Å². The fourth-order valence-electron chi connectivity index (χ4n) is 1.64. The number of aryl methyl sites for hydroxylation is 1. The molecule has 2 rings (SSSR count). The number of carbonyl (C=O) groups is 1. The van der Waals surface area contributed by atoms with Crippen molar-refractivity contribution in [2.45, 2.75) is 6.92 Å². The standard InChI is InChI=1S/C14H10BrNO4/c1-9-6-7-12(16(18)19)13(8-9)20-14(17)10-4-2-3-5-11(10)15/h2-8H,1H3. The molecule has 2 aromatic carbocycles. The molecule has 2 aromatic rings. The van der Waals surface area contributed by atoms with Gasteiger partial charge >= 0.3 is 11.7 Å². The zero-order chi connectivity index (χ0) is 14.7. The van der Waals surface area contributed by atoms with Gasteiger partial charge in [-0.25, -0.2) is 4.79 Å². The van der Waals surface area contributed by atoms with Crippen LogP contribution < -0.4 is 4.74 Å². The van der Waals surface area contributed by atoms with E-state index in [0.717, 1.165) is 5.56 Å². The van der Waals surface area contributed by atoms with E-state index in [2.05, 4.69) is 15.9 Å². The Bertz CT molecular complexity index is 685. The first kappa shape index (κ1) is 14.2. The Balaban J connectivity index is 2.35. The van der Waals surface area contributed by atoms with Crippen molar-refractivity contribution in [3.05, 3.63) is 68.2 Å². The quantitative estimate of drug-likeness (QED) is 0.369. The second-order valence-corrected chi connectivity index (χ2v) is 4.95. The van der Waals surface area contributed by atoms with Crippen LogP contribution in [0, 0.1) is 17.0 Å². The maximum atomic E-state index is 12.0. The summed E-state index contributed by atoms with van der Waals surface area (Å²) in [5.74, 6) is -0.707. The van der Waals surface area contributed by atoms with Gasteiger partial charge in [0, 0.05) is 10.5 Å². The molecule has 0 heterocycles. The maximum absolute atomic E-state index is 12.0. The maximum Gasteiger partial charge on any atom is 0.344 e. The summed E-state index contributed by atoms with van der Waals surface area (Å²) in [6, 6.07) is 11.1. The first-order valence-corrected chi connectivity index (χ1v) is 6.50. The van der Waals surface area contributed by atoms with Crippen molar-refractivity contribution >= 4 is 27.6 Å². The van der Waals surface area contributed by atoms with Crippen molar-refractivity contribution in [1.82, 2.24) is 0 Å². The zero-order valence-electron chi connectivity index (χ0n) is 10.5. The summed E-state index contributed by atoms with van der Waals surface area (Å²) in [5.41, 5.74) is 0.838. The molecule has 20 heavy (non-hydrogen) atoms. The van der Waals surface area contributed by atoms with E-state index in [1.54, 1.807) is 37.3 Å². The van der Waals surface area contributed by atoms with E-state index in [1.807, 2.05) is 0 Å². The number of esters is 1. The van der Waals surface area contributed by atoms with Crippen molar-refractivity contribution < 1.29 is 14.5 Å². The van der Waals surface area contributed by atoms with Gasteiger partial charge in [0.05, 0.1) is 10.5 Å². The topological polar surface area (TPSA) is 69.4 Å². The van der Waals surface area contributed by atoms with Crippen LogP contribution in [0.25, 0.3) is 0 Å². The van der Waals surface area contributed by atoms with Gasteiger partial charge in [-0.15, -0.1) is 0 Å². The van der Waals surface area contributed by atoms with Crippen LogP contribution in [0.15, 0.2) is 46.9 Å². The molecule has 0 aliphatic rings. The van der Waals surface area contributed by atoms with Crippen LogP contribution in [0.3, 0.4) is 0 Å². The van der Waals surface area contributed by atoms with E-state index in [1.165, 1.54) is 12.1 Å². The Morgan fingerprint density at radius 1 is 1.25 bits per heavy atom. The van der Waals surface area contributed by atoms with Crippen molar-refractivity contribution in [1.29, 1.82) is 0 Å². The lowest BCUT2D eigenvalue weighted by atomic mass is 10.2. The number of rotatable bonds is 3. The van der Waals surface area contributed by atoms with Crippen LogP contribution in [-0.4, -0.2) is 10.9 Å². The molecular formula is C14H10BrNO4. The Morgan fingerprint density at radius 2 is 1.95 bits per heavy atom. The van der Waals surface area contributed by atoms with E-state index < -0.39 is 10.9 Å². The minimum absolute atomic E-state index is 0.0595. The van der Waals surface area contributed by atoms with Crippen LogP contribution in [-0.2, 0) is 0 Å². The lowest BCUT2D eigenvalue weighted by Gasteiger charge is -2.07. The molecule has 0 aliphatic heterocycles. The highest BCUT2D eigenvalue weighted by Gasteiger charge is 2.20. The predicted molar refractivity (Wildman–Crippen MR) is 76.9 cm³/mol. The van der Waals surface area contributed by atoms with Crippen LogP contribution in [0.1, 0.15) is 15.9 Å². The van der Waals surface area contributed by atoms with Crippen molar-refractivity contribution in [2.75, 3.05) is 0 Å². The molecule has 0 aliphatic carbocycles. The first-order chi connectivity index (χ1) is 9.49. The number of nitro benzene ring substituents is 1. The minimum Gasteiger partial charge on any atom is -0.416 e. The van der Waals surface area contributed by atoms with Crippen molar-refractivity contribution in [2.24, 2.45) is 0 Å². The molecule has 0 radical (unpaired) electrons. The number of hydrogen-bond donors (Lipinski definition) is 0. The van der Waals surface area contributed by atoms with Crippen LogP contribution in [0.5, 0.6) is 5.75 Å². The molecule has 5 nitrogen and oxygen atoms in total. The minimum atomic E-state index is -0.647. The summed E-state index contributed by atoms with van der Waals surface area (Å²) >= 11 is 3.24. The average molecular weight is 336 g/mol.